The molecule has 1 N–H and O–H groups in total. The average Bonchev–Trinajstić information content (AvgIpc) is 2.76. The quantitative estimate of drug-likeness (QED) is 0.837. The molecule has 0 fully saturated rings. The molecule has 2 rings (SSSR count). The standard InChI is InChI=1S/C13H17IN4/c1-10(11-3-5-12(14)6-4-11)15-8-7-13-16-9-18(2)17-13/h3-6,9-10,15H,7-8H2,1-2H3. The van der Waals surface area contributed by atoms with Gasteiger partial charge in [0.15, 0.2) is 5.82 Å². The highest BCUT2D eigenvalue weighted by molar-refractivity contribution is 14.1. The predicted octanol–water partition coefficient (Wildman–Crippen LogP) is 2.31. The summed E-state index contributed by atoms with van der Waals surface area (Å²) in [5.74, 6) is 0.889. The van der Waals surface area contributed by atoms with Crippen molar-refractivity contribution in [1.29, 1.82) is 0 Å². The maximum atomic E-state index is 4.26. The lowest BCUT2D eigenvalue weighted by molar-refractivity contribution is 0.568. The number of nitrogens with zero attached hydrogens (tertiary/aromatic N) is 3. The molecule has 96 valence electrons. The van der Waals surface area contributed by atoms with Crippen molar-refractivity contribution in [2.75, 3.05) is 6.54 Å². The maximum Gasteiger partial charge on any atom is 0.151 e. The fourth-order valence-electron chi connectivity index (χ4n) is 1.77. The highest BCUT2D eigenvalue weighted by atomic mass is 127. The zero-order valence-electron chi connectivity index (χ0n) is 10.6. The summed E-state index contributed by atoms with van der Waals surface area (Å²) in [6, 6.07) is 8.95. The van der Waals surface area contributed by atoms with Crippen LogP contribution in [0.2, 0.25) is 0 Å². The van der Waals surface area contributed by atoms with Gasteiger partial charge in [0.05, 0.1) is 0 Å². The molecule has 1 unspecified atom stereocenters. The van der Waals surface area contributed by atoms with Gasteiger partial charge in [0.2, 0.25) is 0 Å². The molecule has 18 heavy (non-hydrogen) atoms. The maximum absolute atomic E-state index is 4.26. The van der Waals surface area contributed by atoms with Crippen LogP contribution in [0, 0.1) is 3.57 Å². The van der Waals surface area contributed by atoms with Crippen molar-refractivity contribution in [2.24, 2.45) is 7.05 Å². The van der Waals surface area contributed by atoms with E-state index in [9.17, 15) is 0 Å². The van der Waals surface area contributed by atoms with Crippen LogP contribution in [0.25, 0.3) is 0 Å². The topological polar surface area (TPSA) is 42.7 Å². The molecule has 1 atom stereocenters. The Bertz CT molecular complexity index is 492. The van der Waals surface area contributed by atoms with Crippen LogP contribution < -0.4 is 5.32 Å². The molecule has 5 heteroatoms. The molecule has 0 aliphatic carbocycles. The highest BCUT2D eigenvalue weighted by Gasteiger charge is 2.05. The minimum Gasteiger partial charge on any atom is -0.310 e. The van der Waals surface area contributed by atoms with E-state index in [1.165, 1.54) is 9.13 Å². The molecular formula is C13H17IN4. The molecular weight excluding hydrogens is 339 g/mol. The highest BCUT2D eigenvalue weighted by Crippen LogP contribution is 2.14. The summed E-state index contributed by atoms with van der Waals surface area (Å²) in [4.78, 5) is 4.21. The van der Waals surface area contributed by atoms with Crippen LogP contribution in [0.3, 0.4) is 0 Å². The van der Waals surface area contributed by atoms with E-state index in [1.54, 1.807) is 11.0 Å². The number of halogens is 1. The number of rotatable bonds is 5. The van der Waals surface area contributed by atoms with Crippen LogP contribution >= 0.6 is 22.6 Å². The van der Waals surface area contributed by atoms with E-state index in [0.29, 0.717) is 6.04 Å². The van der Waals surface area contributed by atoms with Gasteiger partial charge in [0, 0.05) is 29.6 Å². The monoisotopic (exact) mass is 356 g/mol. The molecule has 0 amide bonds. The third kappa shape index (κ3) is 3.78. The zero-order valence-corrected chi connectivity index (χ0v) is 12.8. The van der Waals surface area contributed by atoms with Crippen molar-refractivity contribution >= 4 is 22.6 Å². The first-order chi connectivity index (χ1) is 8.65. The van der Waals surface area contributed by atoms with E-state index in [4.69, 9.17) is 0 Å². The number of aromatic nitrogens is 3. The Labute approximate surface area is 121 Å². The van der Waals surface area contributed by atoms with Crippen molar-refractivity contribution < 1.29 is 0 Å². The van der Waals surface area contributed by atoms with Gasteiger partial charge >= 0.3 is 0 Å². The van der Waals surface area contributed by atoms with Crippen LogP contribution in [0.1, 0.15) is 24.4 Å². The summed E-state index contributed by atoms with van der Waals surface area (Å²) in [5, 5.41) is 7.74. The first-order valence-electron chi connectivity index (χ1n) is 5.98. The summed E-state index contributed by atoms with van der Waals surface area (Å²) in [7, 11) is 1.89. The van der Waals surface area contributed by atoms with Crippen molar-refractivity contribution in [1.82, 2.24) is 20.1 Å². The van der Waals surface area contributed by atoms with Crippen LogP contribution in [-0.2, 0) is 13.5 Å². The normalized spacial score (nSPS) is 12.6. The second kappa shape index (κ2) is 6.29. The first-order valence-corrected chi connectivity index (χ1v) is 7.06. The van der Waals surface area contributed by atoms with Gasteiger partial charge in [-0.1, -0.05) is 12.1 Å². The summed E-state index contributed by atoms with van der Waals surface area (Å²) in [6.45, 7) is 3.06. The van der Waals surface area contributed by atoms with Crippen molar-refractivity contribution in [2.45, 2.75) is 19.4 Å². The minimum absolute atomic E-state index is 0.353. The summed E-state index contributed by atoms with van der Waals surface area (Å²) in [5.41, 5.74) is 1.31. The SMILES string of the molecule is CC(NCCc1ncn(C)n1)c1ccc(I)cc1. The van der Waals surface area contributed by atoms with Gasteiger partial charge in [0.1, 0.15) is 6.33 Å². The van der Waals surface area contributed by atoms with E-state index in [-0.39, 0.29) is 0 Å². The average molecular weight is 356 g/mol. The molecule has 1 aromatic heterocycles. The Kier molecular flexibility index (Phi) is 4.71. The fourth-order valence-corrected chi connectivity index (χ4v) is 2.13. The number of benzene rings is 1. The molecule has 2 aromatic rings. The molecule has 0 aliphatic rings. The smallest absolute Gasteiger partial charge is 0.151 e. The van der Waals surface area contributed by atoms with Gasteiger partial charge in [-0.05, 0) is 47.2 Å². The van der Waals surface area contributed by atoms with Gasteiger partial charge < -0.3 is 5.32 Å². The number of aryl methyl sites for hydroxylation is 1. The molecule has 0 aliphatic heterocycles. The predicted molar refractivity (Wildman–Crippen MR) is 80.3 cm³/mol. The van der Waals surface area contributed by atoms with Crippen molar-refractivity contribution in [3.05, 3.63) is 45.6 Å². The summed E-state index contributed by atoms with van der Waals surface area (Å²) >= 11 is 2.32. The fraction of sp³-hybridized carbons (Fsp3) is 0.385. The zero-order chi connectivity index (χ0) is 13.0. The second-order valence-electron chi connectivity index (χ2n) is 4.31. The number of nitrogens with one attached hydrogen (secondary N) is 1. The molecule has 1 aromatic carbocycles. The van der Waals surface area contributed by atoms with E-state index in [1.807, 2.05) is 7.05 Å². The Hall–Kier alpha value is -0.950. The van der Waals surface area contributed by atoms with E-state index in [0.717, 1.165) is 18.8 Å². The Morgan fingerprint density at radius 1 is 1.33 bits per heavy atom. The van der Waals surface area contributed by atoms with E-state index >= 15 is 0 Å². The Morgan fingerprint density at radius 2 is 2.06 bits per heavy atom. The number of hydrogen-bond donors (Lipinski definition) is 1. The van der Waals surface area contributed by atoms with Crippen LogP contribution in [0.15, 0.2) is 30.6 Å². The lowest BCUT2D eigenvalue weighted by Gasteiger charge is -2.13. The van der Waals surface area contributed by atoms with Crippen molar-refractivity contribution in [3.8, 4) is 0 Å². The van der Waals surface area contributed by atoms with E-state index < -0.39 is 0 Å². The van der Waals surface area contributed by atoms with Gasteiger partial charge in [-0.25, -0.2) is 4.98 Å². The molecule has 4 nitrogen and oxygen atoms in total. The van der Waals surface area contributed by atoms with Crippen LogP contribution in [0.4, 0.5) is 0 Å². The molecule has 0 spiro atoms. The lowest BCUT2D eigenvalue weighted by atomic mass is 10.1. The van der Waals surface area contributed by atoms with Gasteiger partial charge in [-0.15, -0.1) is 0 Å². The molecule has 0 saturated carbocycles. The Morgan fingerprint density at radius 3 is 2.67 bits per heavy atom. The third-order valence-corrected chi connectivity index (χ3v) is 3.54. The van der Waals surface area contributed by atoms with Crippen LogP contribution in [0.5, 0.6) is 0 Å². The van der Waals surface area contributed by atoms with E-state index in [2.05, 4.69) is 69.2 Å². The second-order valence-corrected chi connectivity index (χ2v) is 5.56. The summed E-state index contributed by atoms with van der Waals surface area (Å²) in [6.07, 6.45) is 2.59. The minimum atomic E-state index is 0.353. The van der Waals surface area contributed by atoms with Crippen LogP contribution in [-0.4, -0.2) is 21.3 Å². The third-order valence-electron chi connectivity index (χ3n) is 2.82. The molecule has 1 heterocycles. The summed E-state index contributed by atoms with van der Waals surface area (Å²) < 4.78 is 3.00. The first kappa shape index (κ1) is 13.5. The van der Waals surface area contributed by atoms with Gasteiger partial charge in [-0.3, -0.25) is 4.68 Å². The largest absolute Gasteiger partial charge is 0.310 e. The van der Waals surface area contributed by atoms with Gasteiger partial charge in [-0.2, -0.15) is 5.10 Å². The molecule has 0 radical (unpaired) electrons. The Balaban J connectivity index is 1.81. The van der Waals surface area contributed by atoms with Crippen molar-refractivity contribution in [3.63, 3.8) is 0 Å². The lowest BCUT2D eigenvalue weighted by Crippen LogP contribution is -2.21. The number of hydrogen-bond acceptors (Lipinski definition) is 3. The molecule has 0 bridgehead atoms. The molecule has 0 saturated heterocycles. The van der Waals surface area contributed by atoms with Gasteiger partial charge in [0.25, 0.3) is 0 Å².